The molecule has 0 aromatic heterocycles. The molecule has 0 aliphatic carbocycles. The Bertz CT molecular complexity index is 375. The van der Waals surface area contributed by atoms with Crippen molar-refractivity contribution in [2.75, 3.05) is 11.6 Å². The lowest BCUT2D eigenvalue weighted by Gasteiger charge is -2.16. The molecule has 1 aromatic carbocycles. The van der Waals surface area contributed by atoms with Crippen LogP contribution in [-0.4, -0.2) is 17.6 Å². The lowest BCUT2D eigenvalue weighted by molar-refractivity contribution is -0.138. The molecule has 0 saturated heterocycles. The van der Waals surface area contributed by atoms with E-state index in [1.165, 1.54) is 0 Å². The standard InChI is InChI=1S/C9H9F3N2O2/c10-9(11,12)6-1-3-7(4-2-6)14(13)5-8(15)16/h1-4H,5,13H2,(H,15,16). The highest BCUT2D eigenvalue weighted by Gasteiger charge is 2.30. The number of carboxylic acid groups (broad SMARTS) is 1. The van der Waals surface area contributed by atoms with Gasteiger partial charge in [-0.25, -0.2) is 5.84 Å². The third kappa shape index (κ3) is 3.13. The maximum absolute atomic E-state index is 12.2. The Kier molecular flexibility index (Phi) is 3.38. The highest BCUT2D eigenvalue weighted by Crippen LogP contribution is 2.30. The summed E-state index contributed by atoms with van der Waals surface area (Å²) in [7, 11) is 0. The zero-order valence-electron chi connectivity index (χ0n) is 8.03. The first-order valence-corrected chi connectivity index (χ1v) is 4.22. The number of nitrogens with zero attached hydrogens (tertiary/aromatic N) is 1. The van der Waals surface area contributed by atoms with Crippen molar-refractivity contribution in [1.29, 1.82) is 0 Å². The van der Waals surface area contributed by atoms with Gasteiger partial charge in [0.1, 0.15) is 6.54 Å². The van der Waals surface area contributed by atoms with E-state index in [-0.39, 0.29) is 5.69 Å². The number of hydrazine groups is 1. The first-order valence-electron chi connectivity index (χ1n) is 4.22. The molecule has 0 radical (unpaired) electrons. The summed E-state index contributed by atoms with van der Waals surface area (Å²) in [6.07, 6.45) is -4.41. The summed E-state index contributed by atoms with van der Waals surface area (Å²) in [6.45, 7) is -0.481. The molecule has 1 rings (SSSR count). The van der Waals surface area contributed by atoms with Crippen molar-refractivity contribution in [2.45, 2.75) is 6.18 Å². The molecular formula is C9H9F3N2O2. The Morgan fingerprint density at radius 1 is 1.31 bits per heavy atom. The highest BCUT2D eigenvalue weighted by atomic mass is 19.4. The molecule has 0 amide bonds. The largest absolute Gasteiger partial charge is 0.480 e. The number of hydrogen-bond acceptors (Lipinski definition) is 3. The first-order chi connectivity index (χ1) is 7.30. The third-order valence-corrected chi connectivity index (χ3v) is 1.83. The summed E-state index contributed by atoms with van der Waals surface area (Å²) >= 11 is 0. The van der Waals surface area contributed by atoms with Crippen LogP contribution in [0.3, 0.4) is 0 Å². The van der Waals surface area contributed by atoms with Gasteiger partial charge < -0.3 is 5.11 Å². The molecule has 0 atom stereocenters. The fraction of sp³-hybridized carbons (Fsp3) is 0.222. The molecular weight excluding hydrogens is 225 g/mol. The quantitative estimate of drug-likeness (QED) is 0.614. The third-order valence-electron chi connectivity index (χ3n) is 1.83. The van der Waals surface area contributed by atoms with Gasteiger partial charge in [0.2, 0.25) is 0 Å². The van der Waals surface area contributed by atoms with Crippen LogP contribution in [0.4, 0.5) is 18.9 Å². The number of aliphatic carboxylic acids is 1. The van der Waals surface area contributed by atoms with Crippen LogP contribution in [0.25, 0.3) is 0 Å². The van der Waals surface area contributed by atoms with Crippen molar-refractivity contribution in [3.8, 4) is 0 Å². The second kappa shape index (κ2) is 4.40. The summed E-state index contributed by atoms with van der Waals surface area (Å²) in [4.78, 5) is 10.3. The number of nitrogens with two attached hydrogens (primary N) is 1. The molecule has 0 heterocycles. The molecule has 0 bridgehead atoms. The Morgan fingerprint density at radius 2 is 1.81 bits per heavy atom. The topological polar surface area (TPSA) is 66.6 Å². The minimum absolute atomic E-state index is 0.204. The van der Waals surface area contributed by atoms with E-state index in [1.807, 2.05) is 0 Å². The van der Waals surface area contributed by atoms with Crippen molar-refractivity contribution in [1.82, 2.24) is 0 Å². The SMILES string of the molecule is NN(CC(=O)O)c1ccc(C(F)(F)F)cc1. The predicted molar refractivity (Wildman–Crippen MR) is 50.6 cm³/mol. The van der Waals surface area contributed by atoms with E-state index >= 15 is 0 Å². The Labute approximate surface area is 89.0 Å². The van der Waals surface area contributed by atoms with Crippen LogP contribution >= 0.6 is 0 Å². The number of benzene rings is 1. The molecule has 0 spiro atoms. The summed E-state index contributed by atoms with van der Waals surface area (Å²) in [5.74, 6) is 4.16. The molecule has 0 saturated carbocycles. The van der Waals surface area contributed by atoms with E-state index in [0.29, 0.717) is 0 Å². The normalized spacial score (nSPS) is 11.2. The maximum Gasteiger partial charge on any atom is 0.416 e. The monoisotopic (exact) mass is 234 g/mol. The second-order valence-electron chi connectivity index (χ2n) is 3.07. The van der Waals surface area contributed by atoms with Crippen LogP contribution in [0.1, 0.15) is 5.56 Å². The second-order valence-corrected chi connectivity index (χ2v) is 3.07. The Hall–Kier alpha value is -1.76. The molecule has 0 fully saturated rings. The van der Waals surface area contributed by atoms with Crippen molar-refractivity contribution in [3.63, 3.8) is 0 Å². The highest BCUT2D eigenvalue weighted by molar-refractivity contribution is 5.73. The van der Waals surface area contributed by atoms with Crippen molar-refractivity contribution in [2.24, 2.45) is 5.84 Å². The minimum Gasteiger partial charge on any atom is -0.480 e. The molecule has 1 aromatic rings. The molecule has 0 aliphatic heterocycles. The van der Waals surface area contributed by atoms with Crippen molar-refractivity contribution >= 4 is 11.7 Å². The van der Waals surface area contributed by atoms with Crippen LogP contribution in [0.15, 0.2) is 24.3 Å². The number of anilines is 1. The predicted octanol–water partition coefficient (Wildman–Crippen LogP) is 1.47. The lowest BCUT2D eigenvalue weighted by atomic mass is 10.2. The van der Waals surface area contributed by atoms with E-state index in [2.05, 4.69) is 0 Å². The molecule has 4 nitrogen and oxygen atoms in total. The van der Waals surface area contributed by atoms with Gasteiger partial charge in [-0.1, -0.05) is 0 Å². The van der Waals surface area contributed by atoms with Gasteiger partial charge in [-0.3, -0.25) is 9.80 Å². The van der Waals surface area contributed by atoms with E-state index < -0.39 is 24.3 Å². The molecule has 7 heteroatoms. The number of rotatable bonds is 3. The van der Waals surface area contributed by atoms with E-state index in [4.69, 9.17) is 10.9 Å². The number of carboxylic acids is 1. The fourth-order valence-electron chi connectivity index (χ4n) is 1.08. The van der Waals surface area contributed by atoms with Crippen molar-refractivity contribution < 1.29 is 23.1 Å². The number of hydrogen-bond donors (Lipinski definition) is 2. The van der Waals surface area contributed by atoms with Crippen LogP contribution in [0.2, 0.25) is 0 Å². The van der Waals surface area contributed by atoms with Crippen molar-refractivity contribution in [3.05, 3.63) is 29.8 Å². The van der Waals surface area contributed by atoms with Gasteiger partial charge >= 0.3 is 12.1 Å². The zero-order valence-corrected chi connectivity index (χ0v) is 8.03. The van der Waals surface area contributed by atoms with Gasteiger partial charge in [0.15, 0.2) is 0 Å². The molecule has 88 valence electrons. The molecule has 3 N–H and O–H groups in total. The summed E-state index contributed by atoms with van der Waals surface area (Å²) in [6, 6.07) is 3.92. The number of halogens is 3. The van der Waals surface area contributed by atoms with Crippen LogP contribution in [0.5, 0.6) is 0 Å². The average Bonchev–Trinajstić information content (AvgIpc) is 2.15. The van der Waals surface area contributed by atoms with Gasteiger partial charge in [-0.2, -0.15) is 13.2 Å². The van der Waals surface area contributed by atoms with Crippen LogP contribution < -0.4 is 10.9 Å². The Balaban J connectivity index is 2.83. The zero-order chi connectivity index (χ0) is 12.3. The summed E-state index contributed by atoms with van der Waals surface area (Å²) in [5, 5.41) is 9.28. The number of alkyl halides is 3. The summed E-state index contributed by atoms with van der Waals surface area (Å²) < 4.78 is 36.6. The van der Waals surface area contributed by atoms with E-state index in [9.17, 15) is 18.0 Å². The average molecular weight is 234 g/mol. The summed E-state index contributed by atoms with van der Waals surface area (Å²) in [5.41, 5.74) is -0.602. The minimum atomic E-state index is -4.41. The maximum atomic E-state index is 12.2. The fourth-order valence-corrected chi connectivity index (χ4v) is 1.08. The molecule has 0 unspecified atom stereocenters. The van der Waals surface area contributed by atoms with Gasteiger partial charge in [-0.15, -0.1) is 0 Å². The smallest absolute Gasteiger partial charge is 0.416 e. The van der Waals surface area contributed by atoms with Crippen LogP contribution in [0, 0.1) is 0 Å². The van der Waals surface area contributed by atoms with Crippen LogP contribution in [-0.2, 0) is 11.0 Å². The molecule has 16 heavy (non-hydrogen) atoms. The molecule has 0 aliphatic rings. The Morgan fingerprint density at radius 3 is 2.19 bits per heavy atom. The number of carbonyl (C=O) groups is 1. The lowest BCUT2D eigenvalue weighted by Crippen LogP contribution is -2.35. The van der Waals surface area contributed by atoms with Gasteiger partial charge in [0.05, 0.1) is 11.3 Å². The van der Waals surface area contributed by atoms with E-state index in [1.54, 1.807) is 0 Å². The first kappa shape index (κ1) is 12.3. The van der Waals surface area contributed by atoms with Gasteiger partial charge in [0, 0.05) is 0 Å². The van der Waals surface area contributed by atoms with Gasteiger partial charge in [0.25, 0.3) is 0 Å². The van der Waals surface area contributed by atoms with Gasteiger partial charge in [-0.05, 0) is 24.3 Å². The van der Waals surface area contributed by atoms with E-state index in [0.717, 1.165) is 29.3 Å².